The lowest BCUT2D eigenvalue weighted by Gasteiger charge is -2.23. The van der Waals surface area contributed by atoms with Gasteiger partial charge in [-0.25, -0.2) is 14.9 Å². The van der Waals surface area contributed by atoms with Crippen molar-refractivity contribution in [2.45, 2.75) is 32.7 Å². The minimum absolute atomic E-state index is 0.0211. The van der Waals surface area contributed by atoms with E-state index in [1.807, 2.05) is 22.6 Å². The number of fused-ring (bicyclic) bond motifs is 1. The van der Waals surface area contributed by atoms with Crippen molar-refractivity contribution in [1.29, 1.82) is 0 Å². The van der Waals surface area contributed by atoms with Gasteiger partial charge in [0.15, 0.2) is 5.79 Å². The largest absolute Gasteiger partial charge is 0.366 e. The van der Waals surface area contributed by atoms with E-state index in [2.05, 4.69) is 15.8 Å². The zero-order chi connectivity index (χ0) is 22.8. The Morgan fingerprint density at radius 1 is 1.39 bits per heavy atom. The Kier molecular flexibility index (Phi) is 7.14. The summed E-state index contributed by atoms with van der Waals surface area (Å²) in [5.74, 6) is -1.91. The summed E-state index contributed by atoms with van der Waals surface area (Å²) in [6.45, 7) is 4.74. The molecule has 0 aliphatic carbocycles. The third kappa shape index (κ3) is 5.70. The van der Waals surface area contributed by atoms with Crippen LogP contribution in [0.4, 0.5) is 15.9 Å². The van der Waals surface area contributed by atoms with E-state index in [1.165, 1.54) is 19.9 Å². The van der Waals surface area contributed by atoms with Crippen LogP contribution >= 0.6 is 22.6 Å². The molecule has 0 fully saturated rings. The number of anilines is 2. The Morgan fingerprint density at radius 3 is 2.81 bits per heavy atom. The van der Waals surface area contributed by atoms with E-state index in [9.17, 15) is 14.3 Å². The molecule has 1 amide bonds. The van der Waals surface area contributed by atoms with Gasteiger partial charge in [0.05, 0.1) is 17.4 Å². The molecule has 1 aromatic carbocycles. The second kappa shape index (κ2) is 9.47. The first-order valence-corrected chi connectivity index (χ1v) is 10.6. The van der Waals surface area contributed by atoms with Gasteiger partial charge in [-0.1, -0.05) is 0 Å². The number of aliphatic hydroxyl groups is 1. The van der Waals surface area contributed by atoms with Crippen LogP contribution in [-0.4, -0.2) is 39.1 Å². The highest BCUT2D eigenvalue weighted by Gasteiger charge is 2.24. The van der Waals surface area contributed by atoms with Gasteiger partial charge in [0, 0.05) is 22.2 Å². The molecular formula is C21H24FIN4O4. The maximum atomic E-state index is 14.4. The lowest BCUT2D eigenvalue weighted by atomic mass is 10.2. The van der Waals surface area contributed by atoms with Crippen LogP contribution in [0.3, 0.4) is 0 Å². The number of amides is 1. The number of aromatic nitrogens is 2. The number of rotatable bonds is 8. The maximum absolute atomic E-state index is 14.4. The van der Waals surface area contributed by atoms with Gasteiger partial charge >= 0.3 is 0 Å². The summed E-state index contributed by atoms with van der Waals surface area (Å²) in [5, 5.41) is 13.3. The van der Waals surface area contributed by atoms with E-state index in [0.29, 0.717) is 16.9 Å². The van der Waals surface area contributed by atoms with E-state index in [0.717, 1.165) is 3.57 Å². The van der Waals surface area contributed by atoms with Gasteiger partial charge in [0.25, 0.3) is 5.91 Å². The van der Waals surface area contributed by atoms with Crippen LogP contribution in [0.15, 0.2) is 36.5 Å². The number of nitrogens with zero attached hydrogens (tertiary/aromatic N) is 2. The molecule has 0 aliphatic rings. The number of ether oxygens (including phenoxy) is 1. The van der Waals surface area contributed by atoms with E-state index in [-0.39, 0.29) is 17.9 Å². The average Bonchev–Trinajstić information content (AvgIpc) is 2.95. The minimum atomic E-state index is -1.32. The van der Waals surface area contributed by atoms with Crippen LogP contribution < -0.4 is 10.8 Å². The Balaban J connectivity index is 1.86. The van der Waals surface area contributed by atoms with Crippen molar-refractivity contribution in [2.24, 2.45) is 7.05 Å². The van der Waals surface area contributed by atoms with Crippen molar-refractivity contribution in [1.82, 2.24) is 15.0 Å². The molecule has 0 bridgehead atoms. The van der Waals surface area contributed by atoms with Gasteiger partial charge in [-0.05, 0) is 73.7 Å². The average molecular weight is 542 g/mol. The number of pyridine rings is 1. The number of hydroxylamine groups is 1. The highest BCUT2D eigenvalue weighted by molar-refractivity contribution is 14.1. The van der Waals surface area contributed by atoms with Crippen molar-refractivity contribution in [3.05, 3.63) is 51.5 Å². The van der Waals surface area contributed by atoms with Crippen molar-refractivity contribution in [3.63, 3.8) is 0 Å². The van der Waals surface area contributed by atoms with E-state index >= 15 is 0 Å². The van der Waals surface area contributed by atoms with Crippen LogP contribution in [0.5, 0.6) is 0 Å². The number of hydrogen-bond acceptors (Lipinski definition) is 6. The summed E-state index contributed by atoms with van der Waals surface area (Å²) >= 11 is 2.03. The second-order valence-corrected chi connectivity index (χ2v) is 8.77. The fourth-order valence-electron chi connectivity index (χ4n) is 3.16. The molecule has 2 aromatic heterocycles. The van der Waals surface area contributed by atoms with Gasteiger partial charge in [-0.3, -0.25) is 9.63 Å². The zero-order valence-corrected chi connectivity index (χ0v) is 19.7. The quantitative estimate of drug-likeness (QED) is 0.227. The summed E-state index contributed by atoms with van der Waals surface area (Å²) < 4.78 is 22.2. The second-order valence-electron chi connectivity index (χ2n) is 7.52. The molecule has 0 saturated carbocycles. The highest BCUT2D eigenvalue weighted by atomic mass is 127. The van der Waals surface area contributed by atoms with Gasteiger partial charge in [0.1, 0.15) is 23.9 Å². The molecule has 3 rings (SSSR count). The summed E-state index contributed by atoms with van der Waals surface area (Å²) in [6, 6.07) is 8.24. The van der Waals surface area contributed by atoms with Crippen molar-refractivity contribution in [3.8, 4) is 0 Å². The monoisotopic (exact) mass is 542 g/mol. The number of aryl methyl sites for hydroxylation is 1. The van der Waals surface area contributed by atoms with E-state index in [1.54, 1.807) is 49.0 Å². The number of hydrogen-bond donors (Lipinski definition) is 3. The first-order chi connectivity index (χ1) is 14.6. The Morgan fingerprint density at radius 2 is 2.13 bits per heavy atom. The Bertz CT molecular complexity index is 1100. The summed E-state index contributed by atoms with van der Waals surface area (Å²) in [7, 11) is 1.74. The van der Waals surface area contributed by atoms with Gasteiger partial charge in [0.2, 0.25) is 0 Å². The van der Waals surface area contributed by atoms with Gasteiger partial charge in [-0.2, -0.15) is 0 Å². The molecule has 3 N–H and O–H groups in total. The fourth-order valence-corrected chi connectivity index (χ4v) is 3.61. The Hall–Kier alpha value is -2.28. The van der Waals surface area contributed by atoms with Crippen LogP contribution in [0, 0.1) is 9.39 Å². The van der Waals surface area contributed by atoms with Crippen molar-refractivity contribution in [2.75, 3.05) is 11.9 Å². The molecule has 2 heterocycles. The molecule has 0 spiro atoms. The standard InChI is InChI=1S/C21H24FIN4O4/c1-12(31-21(2,3)29)11-30-26-20(28)17-14-6-5-9-24-18(14)27(4)19(17)25-16-8-7-13(23)10-15(16)22/h5-10,12,25,29H,11H2,1-4H3,(H,26,28). The van der Waals surface area contributed by atoms with Gasteiger partial charge < -0.3 is 19.7 Å². The highest BCUT2D eigenvalue weighted by Crippen LogP contribution is 2.31. The summed E-state index contributed by atoms with van der Waals surface area (Å²) in [5.41, 5.74) is 3.44. The SMILES string of the molecule is CC(CONC(=O)c1c(Nc2ccc(I)cc2F)n(C)c2ncccc12)OC(C)(C)O. The number of carbonyl (C=O) groups is 1. The van der Waals surface area contributed by atoms with Crippen LogP contribution in [0.25, 0.3) is 11.0 Å². The number of nitrogens with one attached hydrogen (secondary N) is 2. The molecule has 0 saturated heterocycles. The van der Waals surface area contributed by atoms with Crippen LogP contribution in [-0.2, 0) is 16.6 Å². The molecule has 3 aromatic rings. The molecule has 10 heteroatoms. The van der Waals surface area contributed by atoms with E-state index < -0.39 is 23.6 Å². The molecule has 31 heavy (non-hydrogen) atoms. The first kappa shape index (κ1) is 23.4. The molecule has 8 nitrogen and oxygen atoms in total. The van der Waals surface area contributed by atoms with Crippen molar-refractivity contribution < 1.29 is 23.9 Å². The third-order valence-electron chi connectivity index (χ3n) is 4.33. The van der Waals surface area contributed by atoms with Crippen molar-refractivity contribution >= 4 is 51.0 Å². The predicted molar refractivity (Wildman–Crippen MR) is 123 cm³/mol. The number of carbonyl (C=O) groups excluding carboxylic acids is 1. The third-order valence-corrected chi connectivity index (χ3v) is 5.00. The lowest BCUT2D eigenvalue weighted by molar-refractivity contribution is -0.213. The molecule has 1 unspecified atom stereocenters. The smallest absolute Gasteiger partial charge is 0.279 e. The maximum Gasteiger partial charge on any atom is 0.279 e. The summed E-state index contributed by atoms with van der Waals surface area (Å²) in [4.78, 5) is 22.6. The number of halogens is 2. The normalized spacial score (nSPS) is 12.7. The molecule has 0 aliphatic heterocycles. The molecule has 166 valence electrons. The Labute approximate surface area is 192 Å². The summed E-state index contributed by atoms with van der Waals surface area (Å²) in [6.07, 6.45) is 1.15. The number of benzene rings is 1. The fraction of sp³-hybridized carbons (Fsp3) is 0.333. The topological polar surface area (TPSA) is 97.6 Å². The molecular weight excluding hydrogens is 518 g/mol. The first-order valence-electron chi connectivity index (χ1n) is 9.54. The predicted octanol–water partition coefficient (Wildman–Crippen LogP) is 3.86. The minimum Gasteiger partial charge on any atom is -0.366 e. The van der Waals surface area contributed by atoms with Crippen LogP contribution in [0.1, 0.15) is 31.1 Å². The molecule has 0 radical (unpaired) electrons. The lowest BCUT2D eigenvalue weighted by Crippen LogP contribution is -2.34. The van der Waals surface area contributed by atoms with Gasteiger partial charge in [-0.15, -0.1) is 0 Å². The van der Waals surface area contributed by atoms with E-state index in [4.69, 9.17) is 9.57 Å². The van der Waals surface area contributed by atoms with Crippen LogP contribution in [0.2, 0.25) is 0 Å². The molecule has 1 atom stereocenters. The zero-order valence-electron chi connectivity index (χ0n) is 17.6.